The fourth-order valence-electron chi connectivity index (χ4n) is 2.97. The highest BCUT2D eigenvalue weighted by Crippen LogP contribution is 2.43. The van der Waals surface area contributed by atoms with E-state index in [4.69, 9.17) is 9.47 Å². The minimum absolute atomic E-state index is 0.126. The van der Waals surface area contributed by atoms with Crippen LogP contribution in [-0.4, -0.2) is 23.8 Å². The smallest absolute Gasteiger partial charge is 0.202 e. The summed E-state index contributed by atoms with van der Waals surface area (Å²) in [5.41, 5.74) is 1.20. The van der Waals surface area contributed by atoms with E-state index in [1.54, 1.807) is 24.3 Å². The third-order valence-electron chi connectivity index (χ3n) is 3.87. The van der Waals surface area contributed by atoms with Crippen molar-refractivity contribution in [3.63, 3.8) is 0 Å². The van der Waals surface area contributed by atoms with Gasteiger partial charge < -0.3 is 9.47 Å². The van der Waals surface area contributed by atoms with E-state index in [0.717, 1.165) is 0 Å². The van der Waals surface area contributed by atoms with Crippen LogP contribution in [0.4, 0.5) is 0 Å². The van der Waals surface area contributed by atoms with Crippen LogP contribution >= 0.6 is 31.9 Å². The van der Waals surface area contributed by atoms with E-state index in [-0.39, 0.29) is 34.9 Å². The van der Waals surface area contributed by atoms with Gasteiger partial charge in [0.1, 0.15) is 11.5 Å². The minimum atomic E-state index is -0.275. The van der Waals surface area contributed by atoms with Crippen molar-refractivity contribution in [2.75, 3.05) is 0 Å². The maximum absolute atomic E-state index is 13.4. The molecule has 0 unspecified atom stereocenters. The Morgan fingerprint density at radius 1 is 0.654 bits per heavy atom. The summed E-state index contributed by atoms with van der Waals surface area (Å²) in [4.78, 5) is 26.7. The van der Waals surface area contributed by atoms with Gasteiger partial charge in [-0.1, -0.05) is 31.9 Å². The molecule has 26 heavy (non-hydrogen) atoms. The number of carbonyl (C=O) groups is 2. The lowest BCUT2D eigenvalue weighted by Gasteiger charge is -2.25. The fraction of sp³-hybridized carbons (Fsp3) is 0.300. The zero-order valence-electron chi connectivity index (χ0n) is 14.9. The van der Waals surface area contributed by atoms with Gasteiger partial charge in [-0.05, 0) is 52.0 Å². The second-order valence-corrected chi connectivity index (χ2v) is 8.29. The van der Waals surface area contributed by atoms with Gasteiger partial charge in [0.2, 0.25) is 5.78 Å². The van der Waals surface area contributed by atoms with Crippen LogP contribution in [-0.2, 0) is 0 Å². The predicted octanol–water partition coefficient (Wildman–Crippen LogP) is 5.56. The molecular formula is C20H18Br2O4. The van der Waals surface area contributed by atoms with Crippen LogP contribution in [0.1, 0.15) is 59.5 Å². The summed E-state index contributed by atoms with van der Waals surface area (Å²) in [6.07, 6.45) is -0.253. The monoisotopic (exact) mass is 480 g/mol. The molecule has 0 saturated carbocycles. The molecular weight excluding hydrogens is 464 g/mol. The lowest BCUT2D eigenvalue weighted by molar-refractivity contribution is 0.0967. The van der Waals surface area contributed by atoms with E-state index >= 15 is 0 Å². The first-order valence-corrected chi connectivity index (χ1v) is 9.88. The van der Waals surface area contributed by atoms with E-state index in [0.29, 0.717) is 31.6 Å². The van der Waals surface area contributed by atoms with E-state index in [1.807, 2.05) is 27.7 Å². The average molecular weight is 482 g/mol. The quantitative estimate of drug-likeness (QED) is 0.489. The van der Waals surface area contributed by atoms with Gasteiger partial charge >= 0.3 is 0 Å². The summed E-state index contributed by atoms with van der Waals surface area (Å²) in [6.45, 7) is 7.51. The van der Waals surface area contributed by atoms with E-state index in [1.165, 1.54) is 0 Å². The van der Waals surface area contributed by atoms with Crippen LogP contribution in [0.15, 0.2) is 33.2 Å². The molecule has 0 fully saturated rings. The summed E-state index contributed by atoms with van der Waals surface area (Å²) in [5.74, 6) is 0.288. The molecule has 0 bridgehead atoms. The molecule has 0 amide bonds. The molecule has 0 spiro atoms. The Kier molecular flexibility index (Phi) is 5.26. The van der Waals surface area contributed by atoms with Gasteiger partial charge in [0.25, 0.3) is 0 Å². The molecule has 0 saturated heterocycles. The number of halogens is 2. The number of hydrogen-bond donors (Lipinski definition) is 0. The normalized spacial score (nSPS) is 13.1. The number of rotatable bonds is 4. The lowest BCUT2D eigenvalue weighted by atomic mass is 9.83. The Balaban J connectivity index is 2.31. The molecule has 0 N–H and O–H groups in total. The SMILES string of the molecule is CC(C)Oc1ccc(Br)c2c1C(=O)c1c(OC(C)C)ccc(Br)c1C2=O. The molecule has 0 radical (unpaired) electrons. The first kappa shape index (κ1) is 19.1. The Morgan fingerprint density at radius 3 is 1.35 bits per heavy atom. The second kappa shape index (κ2) is 7.16. The molecule has 6 heteroatoms. The highest BCUT2D eigenvalue weighted by molar-refractivity contribution is 9.11. The zero-order chi connectivity index (χ0) is 19.2. The van der Waals surface area contributed by atoms with E-state index < -0.39 is 0 Å². The average Bonchev–Trinajstić information content (AvgIpc) is 2.54. The molecule has 1 aliphatic carbocycles. The summed E-state index contributed by atoms with van der Waals surface area (Å²) < 4.78 is 12.7. The van der Waals surface area contributed by atoms with Gasteiger partial charge in [0.05, 0.1) is 34.5 Å². The van der Waals surface area contributed by atoms with Gasteiger partial charge in [-0.3, -0.25) is 9.59 Å². The van der Waals surface area contributed by atoms with Crippen molar-refractivity contribution in [3.05, 3.63) is 55.5 Å². The lowest BCUT2D eigenvalue weighted by Crippen LogP contribution is -2.25. The van der Waals surface area contributed by atoms with Crippen LogP contribution < -0.4 is 9.47 Å². The minimum Gasteiger partial charge on any atom is -0.490 e. The Labute approximate surface area is 169 Å². The molecule has 0 atom stereocenters. The van der Waals surface area contributed by atoms with Gasteiger partial charge in [-0.2, -0.15) is 0 Å². The molecule has 3 rings (SSSR count). The van der Waals surface area contributed by atoms with E-state index in [2.05, 4.69) is 31.9 Å². The van der Waals surface area contributed by atoms with Crippen molar-refractivity contribution in [1.29, 1.82) is 0 Å². The predicted molar refractivity (Wildman–Crippen MR) is 107 cm³/mol. The summed E-state index contributed by atoms with van der Waals surface area (Å²) in [5, 5.41) is 0. The van der Waals surface area contributed by atoms with Gasteiger partial charge in [0.15, 0.2) is 5.78 Å². The molecule has 136 valence electrons. The van der Waals surface area contributed by atoms with Crippen molar-refractivity contribution < 1.29 is 19.1 Å². The van der Waals surface area contributed by atoms with Crippen molar-refractivity contribution in [2.24, 2.45) is 0 Å². The summed E-state index contributed by atoms with van der Waals surface area (Å²) in [6, 6.07) is 6.88. The van der Waals surface area contributed by atoms with Gasteiger partial charge in [0, 0.05) is 8.95 Å². The van der Waals surface area contributed by atoms with Crippen molar-refractivity contribution in [1.82, 2.24) is 0 Å². The molecule has 0 aromatic heterocycles. The number of carbonyl (C=O) groups excluding carboxylic acids is 2. The number of benzene rings is 2. The van der Waals surface area contributed by atoms with Crippen LogP contribution in [0.5, 0.6) is 11.5 Å². The third-order valence-corrected chi connectivity index (χ3v) is 5.19. The maximum Gasteiger partial charge on any atom is 0.202 e. The van der Waals surface area contributed by atoms with Crippen LogP contribution in [0.2, 0.25) is 0 Å². The maximum atomic E-state index is 13.4. The van der Waals surface area contributed by atoms with E-state index in [9.17, 15) is 9.59 Å². The Bertz CT molecular complexity index is 845. The van der Waals surface area contributed by atoms with Crippen LogP contribution in [0.25, 0.3) is 0 Å². The third kappa shape index (κ3) is 3.21. The zero-order valence-corrected chi connectivity index (χ0v) is 18.0. The first-order chi connectivity index (χ1) is 12.2. The number of ketones is 2. The highest BCUT2D eigenvalue weighted by Gasteiger charge is 2.38. The number of hydrogen-bond acceptors (Lipinski definition) is 4. The number of ether oxygens (including phenoxy) is 2. The van der Waals surface area contributed by atoms with Gasteiger partial charge in [-0.15, -0.1) is 0 Å². The first-order valence-electron chi connectivity index (χ1n) is 8.30. The fourth-order valence-corrected chi connectivity index (χ4v) is 3.99. The van der Waals surface area contributed by atoms with Crippen molar-refractivity contribution in [2.45, 2.75) is 39.9 Å². The topological polar surface area (TPSA) is 52.6 Å². The van der Waals surface area contributed by atoms with Crippen molar-refractivity contribution in [3.8, 4) is 11.5 Å². The van der Waals surface area contributed by atoms with Crippen LogP contribution in [0.3, 0.4) is 0 Å². The molecule has 0 aliphatic heterocycles. The molecule has 1 aliphatic rings. The van der Waals surface area contributed by atoms with Crippen LogP contribution in [0, 0.1) is 0 Å². The standard InChI is InChI=1S/C20H18Br2O4/c1-9(2)25-13-7-5-11(21)15-17(13)20(24)18-14(26-10(3)4)8-6-12(22)16(18)19(15)23/h5-10H,1-4H3. The van der Waals surface area contributed by atoms with Crippen molar-refractivity contribution >= 4 is 43.4 Å². The van der Waals surface area contributed by atoms with Gasteiger partial charge in [-0.25, -0.2) is 0 Å². The molecule has 2 aromatic carbocycles. The Hall–Kier alpha value is -1.66. The molecule has 4 nitrogen and oxygen atoms in total. The number of fused-ring (bicyclic) bond motifs is 2. The molecule has 0 heterocycles. The highest BCUT2D eigenvalue weighted by atomic mass is 79.9. The Morgan fingerprint density at radius 2 is 1.00 bits per heavy atom. The summed E-state index contributed by atoms with van der Waals surface area (Å²) >= 11 is 6.82. The molecule has 2 aromatic rings. The summed E-state index contributed by atoms with van der Waals surface area (Å²) in [7, 11) is 0. The largest absolute Gasteiger partial charge is 0.490 e. The second-order valence-electron chi connectivity index (χ2n) is 6.58.